The van der Waals surface area contributed by atoms with Crippen LogP contribution >= 0.6 is 11.3 Å². The molecule has 4 nitrogen and oxygen atoms in total. The summed E-state index contributed by atoms with van der Waals surface area (Å²) in [7, 11) is 1.38. The van der Waals surface area contributed by atoms with Gasteiger partial charge >= 0.3 is 5.97 Å². The van der Waals surface area contributed by atoms with Crippen LogP contribution in [0, 0.1) is 0 Å². The first-order valence-corrected chi connectivity index (χ1v) is 8.00. The van der Waals surface area contributed by atoms with Gasteiger partial charge in [0.1, 0.15) is 17.4 Å². The van der Waals surface area contributed by atoms with E-state index in [2.05, 4.69) is 36.6 Å². The summed E-state index contributed by atoms with van der Waals surface area (Å²) in [6.07, 6.45) is 0.200. The number of benzene rings is 1. The number of aromatic nitrogens is 1. The van der Waals surface area contributed by atoms with Crippen molar-refractivity contribution in [1.82, 2.24) is 4.98 Å². The molecule has 5 heteroatoms. The number of carbonyl (C=O) groups excluding carboxylic acids is 1. The van der Waals surface area contributed by atoms with Crippen molar-refractivity contribution in [1.29, 1.82) is 0 Å². The van der Waals surface area contributed by atoms with Crippen LogP contribution in [0.15, 0.2) is 29.6 Å². The molecule has 0 spiro atoms. The van der Waals surface area contributed by atoms with Gasteiger partial charge in [0.15, 0.2) is 0 Å². The fourth-order valence-corrected chi connectivity index (χ4v) is 2.77. The van der Waals surface area contributed by atoms with E-state index in [-0.39, 0.29) is 17.8 Å². The molecule has 0 amide bonds. The zero-order valence-electron chi connectivity index (χ0n) is 13.4. The number of para-hydroxylation sites is 1. The third kappa shape index (κ3) is 4.31. The molecule has 0 aliphatic rings. The third-order valence-corrected chi connectivity index (χ3v) is 4.07. The Balaban J connectivity index is 2.04. The molecule has 118 valence electrons. The van der Waals surface area contributed by atoms with Gasteiger partial charge in [0.25, 0.3) is 0 Å². The van der Waals surface area contributed by atoms with E-state index in [0.717, 1.165) is 16.5 Å². The Bertz CT molecular complexity index is 643. The van der Waals surface area contributed by atoms with Crippen LogP contribution in [0.1, 0.15) is 37.0 Å². The number of nitrogens with zero attached hydrogens (tertiary/aromatic N) is 1. The normalized spacial score (nSPS) is 11.3. The van der Waals surface area contributed by atoms with E-state index in [4.69, 9.17) is 4.74 Å². The monoisotopic (exact) mass is 319 g/mol. The highest BCUT2D eigenvalue weighted by atomic mass is 32.1. The molecular weight excluding hydrogens is 298 g/mol. The first kappa shape index (κ1) is 16.5. The Labute approximate surface area is 135 Å². The van der Waals surface area contributed by atoms with Crippen LogP contribution in [0.25, 0.3) is 0 Å². The Morgan fingerprint density at radius 2 is 2.00 bits per heavy atom. The standard InChI is InChI=1S/C17H21NO3S/c1-17(2,3)13-7-5-6-8-14(13)21-10-15-18-12(11-22-15)9-16(19)20-4/h5-8,11H,9-10H2,1-4H3. The zero-order chi connectivity index (χ0) is 16.2. The molecule has 1 heterocycles. The molecule has 0 unspecified atom stereocenters. The lowest BCUT2D eigenvalue weighted by molar-refractivity contribution is -0.139. The molecule has 2 rings (SSSR count). The van der Waals surface area contributed by atoms with E-state index in [1.165, 1.54) is 24.0 Å². The summed E-state index contributed by atoms with van der Waals surface area (Å²) in [6.45, 7) is 6.88. The van der Waals surface area contributed by atoms with Crippen LogP contribution < -0.4 is 4.74 Å². The van der Waals surface area contributed by atoms with Crippen LogP contribution in [0.5, 0.6) is 5.75 Å². The van der Waals surface area contributed by atoms with Gasteiger partial charge < -0.3 is 9.47 Å². The Morgan fingerprint density at radius 3 is 2.68 bits per heavy atom. The summed E-state index contributed by atoms with van der Waals surface area (Å²) in [6, 6.07) is 8.05. The van der Waals surface area contributed by atoms with Gasteiger partial charge in [0.05, 0.1) is 19.2 Å². The van der Waals surface area contributed by atoms with Gasteiger partial charge in [-0.1, -0.05) is 39.0 Å². The lowest BCUT2D eigenvalue weighted by Gasteiger charge is -2.22. The molecule has 1 aromatic carbocycles. The van der Waals surface area contributed by atoms with Crippen molar-refractivity contribution in [3.8, 4) is 5.75 Å². The van der Waals surface area contributed by atoms with Crippen LogP contribution in [0.3, 0.4) is 0 Å². The molecule has 0 bridgehead atoms. The number of methoxy groups -OCH3 is 1. The van der Waals surface area contributed by atoms with Gasteiger partial charge in [0, 0.05) is 5.38 Å². The topological polar surface area (TPSA) is 48.4 Å². The number of esters is 1. The van der Waals surface area contributed by atoms with Crippen LogP contribution in [-0.4, -0.2) is 18.1 Å². The second-order valence-electron chi connectivity index (χ2n) is 6.02. The van der Waals surface area contributed by atoms with Crippen LogP contribution in [-0.2, 0) is 28.0 Å². The summed E-state index contributed by atoms with van der Waals surface area (Å²) >= 11 is 1.49. The van der Waals surface area contributed by atoms with E-state index in [9.17, 15) is 4.79 Å². The summed E-state index contributed by atoms with van der Waals surface area (Å²) in [4.78, 5) is 15.6. The van der Waals surface area contributed by atoms with E-state index in [0.29, 0.717) is 6.61 Å². The predicted molar refractivity (Wildman–Crippen MR) is 87.3 cm³/mol. The van der Waals surface area contributed by atoms with Crippen molar-refractivity contribution in [2.24, 2.45) is 0 Å². The molecule has 0 saturated heterocycles. The molecule has 0 radical (unpaired) electrons. The Hall–Kier alpha value is -1.88. The van der Waals surface area contributed by atoms with Crippen LogP contribution in [0.4, 0.5) is 0 Å². The summed E-state index contributed by atoms with van der Waals surface area (Å²) in [5.74, 6) is 0.593. The maximum Gasteiger partial charge on any atom is 0.311 e. The fourth-order valence-electron chi connectivity index (χ4n) is 2.07. The summed E-state index contributed by atoms with van der Waals surface area (Å²) in [5.41, 5.74) is 1.91. The van der Waals surface area contributed by atoms with Crippen molar-refractivity contribution in [2.75, 3.05) is 7.11 Å². The Kier molecular flexibility index (Phi) is 5.19. The molecule has 0 N–H and O–H groups in total. The fraction of sp³-hybridized carbons (Fsp3) is 0.412. The molecule has 1 aromatic heterocycles. The first-order valence-electron chi connectivity index (χ1n) is 7.12. The van der Waals surface area contributed by atoms with Gasteiger partial charge in [-0.15, -0.1) is 11.3 Å². The molecule has 0 aliphatic carbocycles. The molecule has 0 aliphatic heterocycles. The second kappa shape index (κ2) is 6.92. The number of ether oxygens (including phenoxy) is 2. The highest BCUT2D eigenvalue weighted by Gasteiger charge is 2.18. The lowest BCUT2D eigenvalue weighted by atomic mass is 9.86. The molecule has 2 aromatic rings. The number of hydrogen-bond acceptors (Lipinski definition) is 5. The van der Waals surface area contributed by atoms with Crippen molar-refractivity contribution < 1.29 is 14.3 Å². The summed E-state index contributed by atoms with van der Waals surface area (Å²) in [5, 5.41) is 2.72. The lowest BCUT2D eigenvalue weighted by Crippen LogP contribution is -2.13. The van der Waals surface area contributed by atoms with Crippen molar-refractivity contribution >= 4 is 17.3 Å². The van der Waals surface area contributed by atoms with E-state index >= 15 is 0 Å². The smallest absolute Gasteiger partial charge is 0.311 e. The van der Waals surface area contributed by atoms with E-state index in [1.54, 1.807) is 0 Å². The molecule has 0 saturated carbocycles. The average Bonchev–Trinajstić information content (AvgIpc) is 2.92. The molecule has 22 heavy (non-hydrogen) atoms. The second-order valence-corrected chi connectivity index (χ2v) is 6.96. The largest absolute Gasteiger partial charge is 0.486 e. The average molecular weight is 319 g/mol. The van der Waals surface area contributed by atoms with Crippen molar-refractivity contribution in [3.63, 3.8) is 0 Å². The Morgan fingerprint density at radius 1 is 1.27 bits per heavy atom. The summed E-state index contributed by atoms with van der Waals surface area (Å²) < 4.78 is 10.6. The molecular formula is C17H21NO3S. The van der Waals surface area contributed by atoms with Crippen molar-refractivity contribution in [2.45, 2.75) is 39.2 Å². The van der Waals surface area contributed by atoms with Crippen LogP contribution in [0.2, 0.25) is 0 Å². The van der Waals surface area contributed by atoms with E-state index in [1.807, 2.05) is 23.6 Å². The molecule has 0 fully saturated rings. The van der Waals surface area contributed by atoms with Gasteiger partial charge in [-0.3, -0.25) is 4.79 Å². The zero-order valence-corrected chi connectivity index (χ0v) is 14.2. The van der Waals surface area contributed by atoms with Gasteiger partial charge in [-0.2, -0.15) is 0 Å². The number of rotatable bonds is 5. The maximum atomic E-state index is 11.2. The van der Waals surface area contributed by atoms with Gasteiger partial charge in [-0.25, -0.2) is 4.98 Å². The quantitative estimate of drug-likeness (QED) is 0.788. The maximum absolute atomic E-state index is 11.2. The van der Waals surface area contributed by atoms with Gasteiger partial charge in [-0.05, 0) is 17.0 Å². The predicted octanol–water partition coefficient (Wildman–Crippen LogP) is 3.74. The molecule has 0 atom stereocenters. The highest BCUT2D eigenvalue weighted by molar-refractivity contribution is 7.09. The SMILES string of the molecule is COC(=O)Cc1csc(COc2ccccc2C(C)(C)C)n1. The number of carbonyl (C=O) groups is 1. The first-order chi connectivity index (χ1) is 10.4. The minimum Gasteiger partial charge on any atom is -0.486 e. The van der Waals surface area contributed by atoms with Gasteiger partial charge in [0.2, 0.25) is 0 Å². The minimum absolute atomic E-state index is 0.0233. The van der Waals surface area contributed by atoms with E-state index < -0.39 is 0 Å². The third-order valence-electron chi connectivity index (χ3n) is 3.20. The minimum atomic E-state index is -0.282. The highest BCUT2D eigenvalue weighted by Crippen LogP contribution is 2.31. The van der Waals surface area contributed by atoms with Crippen molar-refractivity contribution in [3.05, 3.63) is 45.9 Å². The number of thiazole rings is 1. The number of hydrogen-bond donors (Lipinski definition) is 0.